The highest BCUT2D eigenvalue weighted by Crippen LogP contribution is 2.32. The summed E-state index contributed by atoms with van der Waals surface area (Å²) in [5.74, 6) is -1.87. The molecule has 4 aromatic rings. The predicted molar refractivity (Wildman–Crippen MR) is 106 cm³/mol. The van der Waals surface area contributed by atoms with Crippen LogP contribution in [-0.2, 0) is 23.5 Å². The van der Waals surface area contributed by atoms with E-state index >= 15 is 0 Å². The number of halogens is 3. The highest BCUT2D eigenvalue weighted by Gasteiger charge is 2.40. The normalized spacial score (nSPS) is 14.3. The van der Waals surface area contributed by atoms with Crippen LogP contribution in [0.5, 0.6) is 0 Å². The summed E-state index contributed by atoms with van der Waals surface area (Å²) in [5.41, 5.74) is -1.52. The van der Waals surface area contributed by atoms with Crippen LogP contribution in [0.3, 0.4) is 0 Å². The van der Waals surface area contributed by atoms with Crippen molar-refractivity contribution in [2.45, 2.75) is 31.8 Å². The Balaban J connectivity index is 1.55. The largest absolute Gasteiger partial charge is 0.380 e. The fourth-order valence-corrected chi connectivity index (χ4v) is 3.36. The average Bonchev–Trinajstić information content (AvgIpc) is 3.44. The van der Waals surface area contributed by atoms with Crippen molar-refractivity contribution in [1.82, 2.24) is 19.9 Å². The lowest BCUT2D eigenvalue weighted by atomic mass is 9.88. The van der Waals surface area contributed by atoms with Crippen LogP contribution in [0.4, 0.5) is 13.2 Å². The van der Waals surface area contributed by atoms with Crippen LogP contribution in [0.1, 0.15) is 18.2 Å². The summed E-state index contributed by atoms with van der Waals surface area (Å²) in [4.78, 5) is 3.82. The SMILES string of the molecule is C[C@@H](OCc1cc(-c2ccccc2F)no1)[C@](O)(Cn1cncn1)c1ccc(F)cc1F. The summed E-state index contributed by atoms with van der Waals surface area (Å²) < 4.78 is 54.2. The quantitative estimate of drug-likeness (QED) is 0.444. The van der Waals surface area contributed by atoms with Gasteiger partial charge in [-0.2, -0.15) is 5.10 Å². The summed E-state index contributed by atoms with van der Waals surface area (Å²) >= 11 is 0. The van der Waals surface area contributed by atoms with E-state index in [1.165, 1.54) is 36.4 Å². The van der Waals surface area contributed by atoms with E-state index in [2.05, 4.69) is 15.2 Å². The van der Waals surface area contributed by atoms with Gasteiger partial charge in [0.1, 0.15) is 48.0 Å². The minimum Gasteiger partial charge on any atom is -0.380 e. The van der Waals surface area contributed by atoms with Crippen LogP contribution in [0.15, 0.2) is 65.7 Å². The average molecular weight is 444 g/mol. The van der Waals surface area contributed by atoms with Gasteiger partial charge in [-0.1, -0.05) is 23.4 Å². The molecular weight excluding hydrogens is 425 g/mol. The zero-order chi connectivity index (χ0) is 22.7. The number of nitrogens with zero attached hydrogens (tertiary/aromatic N) is 4. The lowest BCUT2D eigenvalue weighted by molar-refractivity contribution is -0.126. The van der Waals surface area contributed by atoms with Gasteiger partial charge in [-0.15, -0.1) is 0 Å². The third kappa shape index (κ3) is 4.41. The maximum absolute atomic E-state index is 14.6. The van der Waals surface area contributed by atoms with E-state index in [0.29, 0.717) is 6.07 Å². The number of benzene rings is 2. The maximum atomic E-state index is 14.6. The molecule has 0 saturated heterocycles. The van der Waals surface area contributed by atoms with E-state index in [4.69, 9.17) is 9.26 Å². The fraction of sp³-hybridized carbons (Fsp3) is 0.227. The third-order valence-electron chi connectivity index (χ3n) is 5.12. The molecule has 2 aromatic carbocycles. The van der Waals surface area contributed by atoms with E-state index in [1.807, 2.05) is 0 Å². The molecule has 2 atom stereocenters. The molecule has 10 heteroatoms. The van der Waals surface area contributed by atoms with Gasteiger partial charge in [0, 0.05) is 23.3 Å². The monoisotopic (exact) mass is 444 g/mol. The number of aliphatic hydroxyl groups is 1. The van der Waals surface area contributed by atoms with Gasteiger partial charge in [0.15, 0.2) is 5.76 Å². The van der Waals surface area contributed by atoms with E-state index in [9.17, 15) is 18.3 Å². The molecule has 0 aliphatic carbocycles. The summed E-state index contributed by atoms with van der Waals surface area (Å²) in [6.07, 6.45) is 1.63. The lowest BCUT2D eigenvalue weighted by Crippen LogP contribution is -2.44. The second kappa shape index (κ2) is 8.93. The first-order chi connectivity index (χ1) is 15.4. The summed E-state index contributed by atoms with van der Waals surface area (Å²) in [5, 5.41) is 19.2. The molecular formula is C22H19F3N4O3. The third-order valence-corrected chi connectivity index (χ3v) is 5.12. The summed E-state index contributed by atoms with van der Waals surface area (Å²) in [6, 6.07) is 10.5. The number of rotatable bonds is 8. The molecule has 7 nitrogen and oxygen atoms in total. The molecule has 0 radical (unpaired) electrons. The topological polar surface area (TPSA) is 86.2 Å². The van der Waals surface area contributed by atoms with Crippen LogP contribution in [0.25, 0.3) is 11.3 Å². The molecule has 0 spiro atoms. The van der Waals surface area contributed by atoms with Gasteiger partial charge < -0.3 is 14.4 Å². The van der Waals surface area contributed by atoms with E-state index < -0.39 is 29.2 Å². The van der Waals surface area contributed by atoms with Crippen molar-refractivity contribution in [3.8, 4) is 11.3 Å². The first kappa shape index (κ1) is 21.7. The van der Waals surface area contributed by atoms with Crippen molar-refractivity contribution in [3.05, 3.63) is 90.0 Å². The Morgan fingerprint density at radius 3 is 2.66 bits per heavy atom. The molecule has 166 valence electrons. The molecule has 0 aliphatic heterocycles. The van der Waals surface area contributed by atoms with E-state index in [1.54, 1.807) is 18.2 Å². The number of hydrogen-bond acceptors (Lipinski definition) is 6. The molecule has 0 saturated carbocycles. The highest BCUT2D eigenvalue weighted by molar-refractivity contribution is 5.59. The van der Waals surface area contributed by atoms with Crippen molar-refractivity contribution in [2.75, 3.05) is 0 Å². The van der Waals surface area contributed by atoms with Crippen molar-refractivity contribution in [3.63, 3.8) is 0 Å². The molecule has 32 heavy (non-hydrogen) atoms. The Bertz CT molecular complexity index is 1200. The second-order valence-electron chi connectivity index (χ2n) is 7.25. The smallest absolute Gasteiger partial charge is 0.163 e. The summed E-state index contributed by atoms with van der Waals surface area (Å²) in [7, 11) is 0. The van der Waals surface area contributed by atoms with Crippen molar-refractivity contribution >= 4 is 0 Å². The van der Waals surface area contributed by atoms with Gasteiger partial charge >= 0.3 is 0 Å². The Labute approximate surface area is 181 Å². The van der Waals surface area contributed by atoms with Crippen LogP contribution < -0.4 is 0 Å². The minimum absolute atomic E-state index is 0.134. The second-order valence-corrected chi connectivity index (χ2v) is 7.25. The van der Waals surface area contributed by atoms with E-state index in [-0.39, 0.29) is 35.7 Å². The molecule has 0 unspecified atom stereocenters. The van der Waals surface area contributed by atoms with Gasteiger partial charge in [0.25, 0.3) is 0 Å². The van der Waals surface area contributed by atoms with Crippen LogP contribution in [-0.4, -0.2) is 31.1 Å². The standard InChI is InChI=1S/C22H19F3N4O3/c1-14(31-10-16-9-21(28-32-16)17-4-2-3-5-19(17)24)22(30,11-29-13-26-12-27-29)18-7-6-15(23)8-20(18)25/h2-9,12-14,30H,10-11H2,1H3/t14-,22-/m1/s1. The highest BCUT2D eigenvalue weighted by atomic mass is 19.1. The summed E-state index contributed by atoms with van der Waals surface area (Å²) in [6.45, 7) is 1.20. The van der Waals surface area contributed by atoms with Crippen LogP contribution in [0.2, 0.25) is 0 Å². The van der Waals surface area contributed by atoms with Crippen LogP contribution >= 0.6 is 0 Å². The Morgan fingerprint density at radius 2 is 1.94 bits per heavy atom. The van der Waals surface area contributed by atoms with Crippen molar-refractivity contribution < 1.29 is 27.5 Å². The number of aromatic nitrogens is 4. The Morgan fingerprint density at radius 1 is 1.12 bits per heavy atom. The molecule has 0 amide bonds. The van der Waals surface area contributed by atoms with E-state index in [0.717, 1.165) is 12.1 Å². The molecule has 0 bridgehead atoms. The van der Waals surface area contributed by atoms with Gasteiger partial charge in [-0.25, -0.2) is 22.8 Å². The maximum Gasteiger partial charge on any atom is 0.163 e. The first-order valence-corrected chi connectivity index (χ1v) is 9.69. The van der Waals surface area contributed by atoms with Crippen molar-refractivity contribution in [2.24, 2.45) is 0 Å². The van der Waals surface area contributed by atoms with Gasteiger partial charge in [0.2, 0.25) is 0 Å². The van der Waals surface area contributed by atoms with Gasteiger partial charge in [-0.3, -0.25) is 0 Å². The zero-order valence-electron chi connectivity index (χ0n) is 17.0. The predicted octanol–water partition coefficient (Wildman–Crippen LogP) is 3.84. The van der Waals surface area contributed by atoms with Gasteiger partial charge in [-0.05, 0) is 25.1 Å². The molecule has 4 rings (SSSR count). The fourth-order valence-electron chi connectivity index (χ4n) is 3.36. The molecule has 2 aromatic heterocycles. The number of hydrogen-bond donors (Lipinski definition) is 1. The molecule has 2 heterocycles. The zero-order valence-corrected chi connectivity index (χ0v) is 17.0. The molecule has 0 aliphatic rings. The lowest BCUT2D eigenvalue weighted by Gasteiger charge is -2.34. The number of ether oxygens (including phenoxy) is 1. The van der Waals surface area contributed by atoms with Gasteiger partial charge in [0.05, 0.1) is 12.6 Å². The molecule has 0 fully saturated rings. The Hall–Kier alpha value is -3.50. The van der Waals surface area contributed by atoms with Crippen LogP contribution in [0, 0.1) is 17.5 Å². The Kier molecular flexibility index (Phi) is 6.06. The molecule has 1 N–H and O–H groups in total. The first-order valence-electron chi connectivity index (χ1n) is 9.69. The minimum atomic E-state index is -1.92. The van der Waals surface area contributed by atoms with Crippen molar-refractivity contribution in [1.29, 1.82) is 0 Å².